The lowest BCUT2D eigenvalue weighted by Gasteiger charge is -2.32. The van der Waals surface area contributed by atoms with E-state index in [1.807, 2.05) is 28.8 Å². The van der Waals surface area contributed by atoms with E-state index >= 15 is 0 Å². The van der Waals surface area contributed by atoms with E-state index in [4.69, 9.17) is 4.52 Å². The van der Waals surface area contributed by atoms with Gasteiger partial charge in [-0.2, -0.15) is 10.1 Å². The Morgan fingerprint density at radius 2 is 2.04 bits per heavy atom. The number of aryl methyl sites for hydroxylation is 1. The second-order valence-electron chi connectivity index (χ2n) is 7.03. The summed E-state index contributed by atoms with van der Waals surface area (Å²) in [6.45, 7) is 2.71. The molecule has 25 heavy (non-hydrogen) atoms. The fraction of sp³-hybridized carbons (Fsp3) is 0.667. The van der Waals surface area contributed by atoms with Gasteiger partial charge in [0.15, 0.2) is 5.82 Å². The van der Waals surface area contributed by atoms with Crippen molar-refractivity contribution >= 4 is 5.91 Å². The van der Waals surface area contributed by atoms with Crippen molar-refractivity contribution in [2.45, 2.75) is 70.4 Å². The quantitative estimate of drug-likeness (QED) is 0.851. The Labute approximate surface area is 147 Å². The van der Waals surface area contributed by atoms with Gasteiger partial charge < -0.3 is 9.42 Å². The number of hydrogen-bond acceptors (Lipinski definition) is 5. The fourth-order valence-corrected chi connectivity index (χ4v) is 3.95. The third-order valence-corrected chi connectivity index (χ3v) is 5.38. The van der Waals surface area contributed by atoms with Crippen molar-refractivity contribution in [1.82, 2.24) is 24.8 Å². The molecule has 134 valence electrons. The van der Waals surface area contributed by atoms with Gasteiger partial charge in [-0.25, -0.2) is 0 Å². The Morgan fingerprint density at radius 3 is 2.80 bits per heavy atom. The molecule has 0 aromatic carbocycles. The van der Waals surface area contributed by atoms with Crippen LogP contribution in [0, 0.1) is 0 Å². The zero-order chi connectivity index (χ0) is 17.2. The molecule has 7 heteroatoms. The molecule has 1 saturated heterocycles. The number of piperidine rings is 1. The largest absolute Gasteiger partial charge is 0.337 e. The molecule has 0 radical (unpaired) electrons. The Kier molecular flexibility index (Phi) is 4.55. The lowest BCUT2D eigenvalue weighted by Crippen LogP contribution is -2.39. The van der Waals surface area contributed by atoms with Crippen LogP contribution in [-0.4, -0.2) is 37.3 Å². The molecule has 0 unspecified atom stereocenters. The molecule has 1 saturated carbocycles. The van der Waals surface area contributed by atoms with E-state index in [9.17, 15) is 4.79 Å². The number of carbonyl (C=O) groups is 1. The zero-order valence-corrected chi connectivity index (χ0v) is 14.7. The van der Waals surface area contributed by atoms with Gasteiger partial charge in [-0.3, -0.25) is 9.48 Å². The van der Waals surface area contributed by atoms with E-state index < -0.39 is 0 Å². The smallest absolute Gasteiger partial charge is 0.275 e. The maximum atomic E-state index is 13.0. The van der Waals surface area contributed by atoms with Crippen LogP contribution in [0.5, 0.6) is 0 Å². The number of rotatable bonds is 4. The highest BCUT2D eigenvalue weighted by Crippen LogP contribution is 2.32. The molecule has 2 aromatic rings. The molecule has 0 spiro atoms. The first-order valence-electron chi connectivity index (χ1n) is 9.45. The van der Waals surface area contributed by atoms with Crippen molar-refractivity contribution < 1.29 is 9.32 Å². The summed E-state index contributed by atoms with van der Waals surface area (Å²) in [5.41, 5.74) is 0.522. The summed E-state index contributed by atoms with van der Waals surface area (Å²) in [4.78, 5) is 19.4. The van der Waals surface area contributed by atoms with Gasteiger partial charge >= 0.3 is 0 Å². The first-order valence-corrected chi connectivity index (χ1v) is 9.45. The minimum absolute atomic E-state index is 0.0299. The van der Waals surface area contributed by atoms with E-state index in [0.717, 1.165) is 38.5 Å². The Balaban J connectivity index is 1.54. The third kappa shape index (κ3) is 3.19. The van der Waals surface area contributed by atoms with Crippen molar-refractivity contribution in [3.63, 3.8) is 0 Å². The molecular weight excluding hydrogens is 318 g/mol. The van der Waals surface area contributed by atoms with Crippen LogP contribution in [-0.2, 0) is 6.42 Å². The van der Waals surface area contributed by atoms with Gasteiger partial charge in [0.2, 0.25) is 5.89 Å². The summed E-state index contributed by atoms with van der Waals surface area (Å²) >= 11 is 0. The highest BCUT2D eigenvalue weighted by molar-refractivity contribution is 5.92. The Hall–Kier alpha value is -2.18. The van der Waals surface area contributed by atoms with Crippen LogP contribution in [0.4, 0.5) is 0 Å². The molecule has 3 heterocycles. The minimum atomic E-state index is -0.134. The summed E-state index contributed by atoms with van der Waals surface area (Å²) in [5, 5.41) is 8.56. The molecule has 1 amide bonds. The van der Waals surface area contributed by atoms with Crippen LogP contribution in [0.1, 0.15) is 86.2 Å². The number of hydrogen-bond donors (Lipinski definition) is 0. The molecule has 2 aliphatic rings. The number of likely N-dealkylation sites (tertiary alicyclic amines) is 1. The van der Waals surface area contributed by atoms with Gasteiger partial charge in [-0.15, -0.1) is 0 Å². The minimum Gasteiger partial charge on any atom is -0.337 e. The van der Waals surface area contributed by atoms with Crippen molar-refractivity contribution in [1.29, 1.82) is 0 Å². The zero-order valence-electron chi connectivity index (χ0n) is 14.7. The van der Waals surface area contributed by atoms with Crippen LogP contribution >= 0.6 is 0 Å². The number of amides is 1. The molecule has 1 atom stereocenters. The number of nitrogens with zero attached hydrogens (tertiary/aromatic N) is 5. The maximum absolute atomic E-state index is 13.0. The van der Waals surface area contributed by atoms with E-state index in [2.05, 4.69) is 15.2 Å². The number of carbonyl (C=O) groups excluding carboxylic acids is 1. The summed E-state index contributed by atoms with van der Waals surface area (Å²) in [5.74, 6) is 1.22. The maximum Gasteiger partial charge on any atom is 0.275 e. The van der Waals surface area contributed by atoms with Crippen LogP contribution in [0.15, 0.2) is 16.8 Å². The summed E-state index contributed by atoms with van der Waals surface area (Å²) in [6, 6.07) is 2.16. The summed E-state index contributed by atoms with van der Waals surface area (Å²) in [6.07, 6.45) is 10.4. The lowest BCUT2D eigenvalue weighted by atomic mass is 10.0. The fourth-order valence-electron chi connectivity index (χ4n) is 3.95. The normalized spacial score (nSPS) is 21.8. The summed E-state index contributed by atoms with van der Waals surface area (Å²) < 4.78 is 7.39. The SMILES string of the molecule is CCc1noc([C@@H]2CCCCN2C(=O)c2ccn(C3CCCC3)n2)n1. The van der Waals surface area contributed by atoms with Crippen LogP contribution < -0.4 is 0 Å². The lowest BCUT2D eigenvalue weighted by molar-refractivity contribution is 0.0554. The Morgan fingerprint density at radius 1 is 1.24 bits per heavy atom. The van der Waals surface area contributed by atoms with Gasteiger partial charge in [0.1, 0.15) is 11.7 Å². The van der Waals surface area contributed by atoms with Gasteiger partial charge in [-0.1, -0.05) is 24.9 Å². The third-order valence-electron chi connectivity index (χ3n) is 5.38. The van der Waals surface area contributed by atoms with Gasteiger partial charge in [0.05, 0.1) is 6.04 Å². The number of aromatic nitrogens is 4. The average molecular weight is 343 g/mol. The van der Waals surface area contributed by atoms with Gasteiger partial charge in [-0.05, 0) is 38.2 Å². The standard InChI is InChI=1S/C18H25N5O2/c1-2-16-19-17(25-21-16)15-9-5-6-11-22(15)18(24)14-10-12-23(20-14)13-7-3-4-8-13/h10,12-13,15H,2-9,11H2,1H3/t15-/m0/s1. The molecule has 7 nitrogen and oxygen atoms in total. The van der Waals surface area contributed by atoms with E-state index in [1.165, 1.54) is 12.8 Å². The summed E-state index contributed by atoms with van der Waals surface area (Å²) in [7, 11) is 0. The molecule has 1 aliphatic heterocycles. The molecule has 0 N–H and O–H groups in total. The highest BCUT2D eigenvalue weighted by atomic mass is 16.5. The first-order chi connectivity index (χ1) is 12.3. The van der Waals surface area contributed by atoms with E-state index in [-0.39, 0.29) is 11.9 Å². The molecule has 2 aromatic heterocycles. The molecule has 1 aliphatic carbocycles. The molecule has 0 bridgehead atoms. The predicted octanol–water partition coefficient (Wildman–Crippen LogP) is 3.31. The first kappa shape index (κ1) is 16.3. The average Bonchev–Trinajstić information content (AvgIpc) is 3.41. The highest BCUT2D eigenvalue weighted by Gasteiger charge is 2.33. The topological polar surface area (TPSA) is 77.0 Å². The molecular formula is C18H25N5O2. The van der Waals surface area contributed by atoms with Crippen LogP contribution in [0.25, 0.3) is 0 Å². The van der Waals surface area contributed by atoms with Crippen molar-refractivity contribution in [3.8, 4) is 0 Å². The second-order valence-corrected chi connectivity index (χ2v) is 7.03. The second kappa shape index (κ2) is 6.98. The van der Waals surface area contributed by atoms with E-state index in [0.29, 0.717) is 30.0 Å². The molecule has 2 fully saturated rings. The predicted molar refractivity (Wildman–Crippen MR) is 91.0 cm³/mol. The van der Waals surface area contributed by atoms with E-state index in [1.54, 1.807) is 0 Å². The Bertz CT molecular complexity index is 731. The van der Waals surface area contributed by atoms with Crippen molar-refractivity contribution in [3.05, 3.63) is 29.7 Å². The van der Waals surface area contributed by atoms with Gasteiger partial charge in [0, 0.05) is 19.2 Å². The van der Waals surface area contributed by atoms with Gasteiger partial charge in [0.25, 0.3) is 5.91 Å². The molecule has 4 rings (SSSR count). The van der Waals surface area contributed by atoms with Crippen molar-refractivity contribution in [2.75, 3.05) is 6.54 Å². The van der Waals surface area contributed by atoms with Crippen LogP contribution in [0.2, 0.25) is 0 Å². The monoisotopic (exact) mass is 343 g/mol. The van der Waals surface area contributed by atoms with Crippen LogP contribution in [0.3, 0.4) is 0 Å². The van der Waals surface area contributed by atoms with Crippen molar-refractivity contribution in [2.24, 2.45) is 0 Å².